The van der Waals surface area contributed by atoms with Gasteiger partial charge in [0.2, 0.25) is 5.79 Å². The number of allylic oxidation sites excluding steroid dienone is 1. The largest absolute Gasteiger partial charge is 0.459 e. The van der Waals surface area contributed by atoms with Gasteiger partial charge in [-0.25, -0.2) is 9.59 Å². The molecule has 65 heavy (non-hydrogen) atoms. The van der Waals surface area contributed by atoms with Gasteiger partial charge < -0.3 is 39.3 Å². The van der Waals surface area contributed by atoms with Gasteiger partial charge in [-0.3, -0.25) is 4.90 Å². The molecule has 12 nitrogen and oxygen atoms in total. The van der Waals surface area contributed by atoms with Crippen molar-refractivity contribution in [3.63, 3.8) is 0 Å². The Balaban J connectivity index is 1.52. The van der Waals surface area contributed by atoms with E-state index in [1.165, 1.54) is 44.9 Å². The lowest BCUT2D eigenvalue weighted by Gasteiger charge is -2.59. The van der Waals surface area contributed by atoms with Gasteiger partial charge in [-0.1, -0.05) is 132 Å². The molecule has 1 heterocycles. The summed E-state index contributed by atoms with van der Waals surface area (Å²) in [7, 11) is 0. The fourth-order valence-corrected chi connectivity index (χ4v) is 10.2. The fourth-order valence-electron chi connectivity index (χ4n) is 10.2. The van der Waals surface area contributed by atoms with Crippen LogP contribution in [0.5, 0.6) is 11.5 Å². The number of hydrogen-bond donors (Lipinski definition) is 3. The number of aliphatic hydroxyl groups excluding tert-OH is 2. The van der Waals surface area contributed by atoms with Crippen LogP contribution in [0.1, 0.15) is 153 Å². The number of ether oxygens (including phenoxy) is 4. The standard InChI is InChI=1S/C53H79N3O9/c1-5-9-10-11-12-13-14-15-16-22-31-54-51(59)64-42-29-30-47-45(37-42)49-43(28-21-24-34-58)41(27-20-23-33-57)36-44-46(55-63-8-4)38-48(53(65-47,50(44)49)62-35-7-3)56(32-6-2)52(60)61-39-40-25-18-17-19-26-40/h7,17-19,25-26,29-30,36-37,41,43,48-50,57-58H,3,5-6,8-16,20-24,27-28,31-35,38-39H2,1-2,4H3,(H,54,59). The van der Waals surface area contributed by atoms with Crippen LogP contribution in [-0.2, 0) is 20.9 Å². The number of unbranched alkanes of at least 4 members (excludes halogenated alkanes) is 11. The summed E-state index contributed by atoms with van der Waals surface area (Å²) in [5, 5.41) is 27.6. The number of nitrogens with one attached hydrogen (secondary N) is 1. The smallest absolute Gasteiger partial charge is 0.412 e. The summed E-state index contributed by atoms with van der Waals surface area (Å²) >= 11 is 0. The molecule has 1 fully saturated rings. The van der Waals surface area contributed by atoms with E-state index in [1.807, 2.05) is 56.3 Å². The maximum atomic E-state index is 14.5. The lowest BCUT2D eigenvalue weighted by molar-refractivity contribution is -0.255. The van der Waals surface area contributed by atoms with Crippen molar-refractivity contribution in [3.8, 4) is 11.5 Å². The van der Waals surface area contributed by atoms with E-state index in [-0.39, 0.29) is 50.6 Å². The summed E-state index contributed by atoms with van der Waals surface area (Å²) in [4.78, 5) is 35.4. The van der Waals surface area contributed by atoms with Crippen molar-refractivity contribution in [2.24, 2.45) is 22.9 Å². The molecular weight excluding hydrogens is 823 g/mol. The van der Waals surface area contributed by atoms with Crippen molar-refractivity contribution in [2.75, 3.05) is 39.5 Å². The van der Waals surface area contributed by atoms with Gasteiger partial charge in [-0.05, 0) is 86.6 Å². The molecule has 1 aliphatic heterocycles. The van der Waals surface area contributed by atoms with E-state index < -0.39 is 29.9 Å². The quantitative estimate of drug-likeness (QED) is 0.0396. The summed E-state index contributed by atoms with van der Waals surface area (Å²) in [5.41, 5.74) is 3.41. The second kappa shape index (κ2) is 27.9. The molecule has 0 saturated heterocycles. The van der Waals surface area contributed by atoms with Gasteiger partial charge in [-0.2, -0.15) is 0 Å². The van der Waals surface area contributed by atoms with Crippen LogP contribution in [0.25, 0.3) is 0 Å². The summed E-state index contributed by atoms with van der Waals surface area (Å²) in [5.74, 6) is -1.06. The molecule has 6 atom stereocenters. The molecule has 0 radical (unpaired) electrons. The number of hydrogen-bond acceptors (Lipinski definition) is 10. The van der Waals surface area contributed by atoms with E-state index in [4.69, 9.17) is 28.9 Å². The number of carbonyl (C=O) groups excluding carboxylic acids is 2. The first-order chi connectivity index (χ1) is 31.8. The van der Waals surface area contributed by atoms with Crippen molar-refractivity contribution < 1.29 is 43.6 Å². The minimum Gasteiger partial charge on any atom is -0.459 e. The maximum Gasteiger partial charge on any atom is 0.412 e. The molecule has 2 amide bonds. The highest BCUT2D eigenvalue weighted by Gasteiger charge is 2.65. The minimum atomic E-state index is -1.41. The molecule has 12 heteroatoms. The number of aliphatic hydroxyl groups is 2. The van der Waals surface area contributed by atoms with Gasteiger partial charge in [0.15, 0.2) is 0 Å². The zero-order valence-electron chi connectivity index (χ0n) is 39.7. The number of amides is 2. The number of benzene rings is 2. The van der Waals surface area contributed by atoms with Crippen LogP contribution in [0.2, 0.25) is 0 Å². The van der Waals surface area contributed by atoms with Gasteiger partial charge >= 0.3 is 12.2 Å². The summed E-state index contributed by atoms with van der Waals surface area (Å²) < 4.78 is 26.4. The van der Waals surface area contributed by atoms with Crippen LogP contribution in [0.4, 0.5) is 9.59 Å². The molecule has 360 valence electrons. The average molecular weight is 902 g/mol. The molecule has 2 aromatic carbocycles. The third-order valence-corrected chi connectivity index (χ3v) is 13.2. The average Bonchev–Trinajstić information content (AvgIpc) is 3.32. The van der Waals surface area contributed by atoms with Crippen LogP contribution in [0.15, 0.2) is 78.0 Å². The number of rotatable bonds is 30. The fraction of sp³-hybridized carbons (Fsp3) is 0.642. The first-order valence-corrected chi connectivity index (χ1v) is 25.0. The van der Waals surface area contributed by atoms with E-state index in [1.54, 1.807) is 17.0 Å². The molecule has 6 unspecified atom stereocenters. The van der Waals surface area contributed by atoms with Crippen molar-refractivity contribution >= 4 is 17.9 Å². The molecule has 3 N–H and O–H groups in total. The van der Waals surface area contributed by atoms with Gasteiger partial charge in [0.1, 0.15) is 30.8 Å². The summed E-state index contributed by atoms with van der Waals surface area (Å²) in [6.07, 6.45) is 20.7. The Labute approximate surface area is 389 Å². The second-order valence-corrected chi connectivity index (χ2v) is 17.9. The van der Waals surface area contributed by atoms with E-state index >= 15 is 0 Å². The van der Waals surface area contributed by atoms with Crippen LogP contribution >= 0.6 is 0 Å². The predicted molar refractivity (Wildman–Crippen MR) is 256 cm³/mol. The van der Waals surface area contributed by atoms with Crippen molar-refractivity contribution in [1.29, 1.82) is 0 Å². The van der Waals surface area contributed by atoms with Crippen LogP contribution < -0.4 is 14.8 Å². The first kappa shape index (κ1) is 51.6. The number of carbonyl (C=O) groups is 2. The Kier molecular flexibility index (Phi) is 22.2. The Morgan fingerprint density at radius 2 is 1.60 bits per heavy atom. The monoisotopic (exact) mass is 902 g/mol. The number of nitrogens with zero attached hydrogens (tertiary/aromatic N) is 2. The molecule has 2 aliphatic carbocycles. The third-order valence-electron chi connectivity index (χ3n) is 13.2. The predicted octanol–water partition coefficient (Wildman–Crippen LogP) is 11.4. The minimum absolute atomic E-state index is 0.0283. The highest BCUT2D eigenvalue weighted by Crippen LogP contribution is 2.62. The van der Waals surface area contributed by atoms with Gasteiger partial charge in [0.25, 0.3) is 0 Å². The Morgan fingerprint density at radius 3 is 2.28 bits per heavy atom. The van der Waals surface area contributed by atoms with Crippen LogP contribution in [0, 0.1) is 17.8 Å². The second-order valence-electron chi connectivity index (χ2n) is 17.9. The van der Waals surface area contributed by atoms with E-state index in [9.17, 15) is 19.8 Å². The van der Waals surface area contributed by atoms with Crippen molar-refractivity contribution in [1.82, 2.24) is 10.2 Å². The van der Waals surface area contributed by atoms with Crippen LogP contribution in [-0.4, -0.2) is 84.4 Å². The molecule has 2 aromatic rings. The molecule has 5 rings (SSSR count). The Morgan fingerprint density at radius 1 is 0.892 bits per heavy atom. The Hall–Kier alpha value is -4.39. The number of fused-ring (bicyclic) bond motifs is 2. The highest BCUT2D eigenvalue weighted by molar-refractivity contribution is 6.03. The first-order valence-electron chi connectivity index (χ1n) is 25.0. The molecule has 1 saturated carbocycles. The zero-order chi connectivity index (χ0) is 46.3. The topological polar surface area (TPSA) is 148 Å². The Bertz CT molecular complexity index is 1800. The maximum absolute atomic E-state index is 14.5. The molecule has 0 bridgehead atoms. The summed E-state index contributed by atoms with van der Waals surface area (Å²) in [6.45, 7) is 11.9. The SMILES string of the molecule is C=CCOC12Oc3ccc(OC(=O)NCCCCCCCCCCCC)cc3C3C(CCCCO)C(CCCCO)C=C(C(=NOCC)CC1N(CCC)C(=O)OCc1ccccc1)C32. The van der Waals surface area contributed by atoms with Gasteiger partial charge in [0, 0.05) is 44.2 Å². The van der Waals surface area contributed by atoms with E-state index in [0.717, 1.165) is 61.6 Å². The van der Waals surface area contributed by atoms with E-state index in [0.29, 0.717) is 56.2 Å². The van der Waals surface area contributed by atoms with E-state index in [2.05, 4.69) is 24.9 Å². The highest BCUT2D eigenvalue weighted by atomic mass is 16.7. The lowest BCUT2D eigenvalue weighted by Crippen LogP contribution is -2.70. The third kappa shape index (κ3) is 14.3. The van der Waals surface area contributed by atoms with Gasteiger partial charge in [0.05, 0.1) is 18.2 Å². The van der Waals surface area contributed by atoms with Crippen molar-refractivity contribution in [3.05, 3.63) is 84.0 Å². The normalized spacial score (nSPS) is 22.5. The molecular formula is C53H79N3O9. The number of oxime groups is 1. The van der Waals surface area contributed by atoms with Crippen LogP contribution in [0.3, 0.4) is 0 Å². The van der Waals surface area contributed by atoms with Crippen molar-refractivity contribution in [2.45, 2.75) is 161 Å². The van der Waals surface area contributed by atoms with Gasteiger partial charge in [-0.15, -0.1) is 6.58 Å². The zero-order valence-corrected chi connectivity index (χ0v) is 39.7. The molecule has 0 spiro atoms. The summed E-state index contributed by atoms with van der Waals surface area (Å²) in [6, 6.07) is 14.5. The molecule has 3 aliphatic rings. The lowest BCUT2D eigenvalue weighted by atomic mass is 9.55. The molecule has 0 aromatic heterocycles.